The highest BCUT2D eigenvalue weighted by Gasteiger charge is 2.59. The molecule has 44 heavy (non-hydrogen) atoms. The van der Waals surface area contributed by atoms with Gasteiger partial charge >= 0.3 is 13.2 Å². The van der Waals surface area contributed by atoms with Crippen molar-refractivity contribution >= 4 is 31.1 Å². The van der Waals surface area contributed by atoms with E-state index in [1.54, 1.807) is 0 Å². The molecule has 2 N–H and O–H groups in total. The Hall–Kier alpha value is -3.89. The molecular formula is C34H40BNO8. The molecule has 2 heterocycles. The van der Waals surface area contributed by atoms with Gasteiger partial charge < -0.3 is 24.3 Å². The van der Waals surface area contributed by atoms with Crippen LogP contribution in [0.1, 0.15) is 55.7 Å². The molecule has 9 nitrogen and oxygen atoms in total. The van der Waals surface area contributed by atoms with Gasteiger partial charge in [0.25, 0.3) is 0 Å². The number of para-hydroxylation sites is 1. The zero-order valence-electron chi connectivity index (χ0n) is 25.7. The van der Waals surface area contributed by atoms with Crippen molar-refractivity contribution in [1.82, 2.24) is 4.90 Å². The van der Waals surface area contributed by atoms with E-state index in [0.29, 0.717) is 29.2 Å². The molecule has 2 aliphatic heterocycles. The highest BCUT2D eigenvalue weighted by atomic mass is 16.5. The van der Waals surface area contributed by atoms with Gasteiger partial charge in [0.2, 0.25) is 11.8 Å². The number of ether oxygens (including phenoxy) is 2. The smallest absolute Gasteiger partial charge is 0.455 e. The molecule has 0 bridgehead atoms. The number of amides is 3. The number of hydrogen-bond acceptors (Lipinski definition) is 8. The molecule has 0 aromatic heterocycles. The number of fused-ring (bicyclic) bond motifs is 3. The Balaban J connectivity index is 1.48. The quantitative estimate of drug-likeness (QED) is 0.216. The zero-order chi connectivity index (χ0) is 31.5. The van der Waals surface area contributed by atoms with Crippen LogP contribution in [0.3, 0.4) is 0 Å². The average Bonchev–Trinajstić information content (AvgIpc) is 3.26. The number of rotatable bonds is 9. The minimum Gasteiger partial charge on any atom is -0.507 e. The first-order valence-electron chi connectivity index (χ1n) is 15.3. The summed E-state index contributed by atoms with van der Waals surface area (Å²) in [6.45, 7) is 6.08. The summed E-state index contributed by atoms with van der Waals surface area (Å²) in [4.78, 5) is 40.0. The van der Waals surface area contributed by atoms with E-state index in [2.05, 4.69) is 13.0 Å². The van der Waals surface area contributed by atoms with E-state index < -0.39 is 48.9 Å². The topological polar surface area (TPSA) is 123 Å². The van der Waals surface area contributed by atoms with E-state index in [9.17, 15) is 24.5 Å². The van der Waals surface area contributed by atoms with Gasteiger partial charge in [-0.15, -0.1) is 0 Å². The summed E-state index contributed by atoms with van der Waals surface area (Å²) in [5.41, 5.74) is 5.59. The average molecular weight is 602 g/mol. The van der Waals surface area contributed by atoms with Gasteiger partial charge in [0.1, 0.15) is 18.1 Å². The molecule has 10 heteroatoms. The van der Waals surface area contributed by atoms with Gasteiger partial charge in [0, 0.05) is 0 Å². The SMILES string of the molecule is CCC/C(=C\c1cc(C)c(O)c(C)c1)CC[C@H]1OB(O)C[C@H]2C1=C(COc1ccccc1)C[C@H]1C(=O)N(C(=O)OC)C(=O)[C@H]12. The number of carbonyl (C=O) groups excluding carboxylic acids is 3. The van der Waals surface area contributed by atoms with E-state index in [0.717, 1.165) is 47.8 Å². The number of methoxy groups -OCH3 is 1. The molecule has 3 aliphatic rings. The molecule has 4 atom stereocenters. The molecule has 2 saturated heterocycles. The third-order valence-electron chi connectivity index (χ3n) is 9.00. The Labute approximate surface area is 258 Å². The minimum atomic E-state index is -1.13. The number of likely N-dealkylation sites (tertiary alicyclic amines) is 1. The van der Waals surface area contributed by atoms with Crippen molar-refractivity contribution in [2.75, 3.05) is 13.7 Å². The first kappa shape index (κ1) is 31.5. The van der Waals surface area contributed by atoms with Gasteiger partial charge in [-0.05, 0) is 104 Å². The molecule has 232 valence electrons. The number of phenols is 1. The van der Waals surface area contributed by atoms with Gasteiger partial charge in [-0.2, -0.15) is 4.90 Å². The lowest BCUT2D eigenvalue weighted by atomic mass is 9.58. The highest BCUT2D eigenvalue weighted by Crippen LogP contribution is 2.51. The molecule has 5 rings (SSSR count). The molecule has 1 aliphatic carbocycles. The number of allylic oxidation sites excluding steroid dienone is 1. The van der Waals surface area contributed by atoms with Crippen molar-refractivity contribution in [2.24, 2.45) is 17.8 Å². The maximum Gasteiger partial charge on any atom is 0.455 e. The lowest BCUT2D eigenvalue weighted by molar-refractivity contribution is -0.137. The second-order valence-corrected chi connectivity index (χ2v) is 12.0. The van der Waals surface area contributed by atoms with Gasteiger partial charge in [-0.3, -0.25) is 9.59 Å². The number of hydrogen-bond donors (Lipinski definition) is 2. The fourth-order valence-electron chi connectivity index (χ4n) is 7.07. The van der Waals surface area contributed by atoms with E-state index in [1.807, 2.05) is 56.3 Å². The number of phenolic OH excluding ortho intramolecular Hbond substituents is 1. The Kier molecular flexibility index (Phi) is 9.61. The van der Waals surface area contributed by atoms with Crippen molar-refractivity contribution in [3.8, 4) is 11.5 Å². The van der Waals surface area contributed by atoms with Crippen LogP contribution in [-0.4, -0.2) is 59.9 Å². The van der Waals surface area contributed by atoms with Crippen LogP contribution >= 0.6 is 0 Å². The molecular weight excluding hydrogens is 561 g/mol. The van der Waals surface area contributed by atoms with Crippen LogP contribution in [0.5, 0.6) is 11.5 Å². The zero-order valence-corrected chi connectivity index (χ0v) is 25.7. The summed E-state index contributed by atoms with van der Waals surface area (Å²) in [6.07, 6.45) is 4.10. The van der Waals surface area contributed by atoms with Crippen LogP contribution < -0.4 is 4.74 Å². The molecule has 2 fully saturated rings. The second-order valence-electron chi connectivity index (χ2n) is 12.0. The molecule has 0 unspecified atom stereocenters. The molecule has 2 aromatic carbocycles. The number of carbonyl (C=O) groups is 3. The van der Waals surface area contributed by atoms with E-state index >= 15 is 0 Å². The standard InChI is InChI=1S/C34H40BNO8/c1-5-9-22(16-23-14-20(2)31(37)21(3)15-23)12-13-28-29-24(19-43-25-10-7-6-8-11-25)17-26-30(27(29)18-35(41)44-28)33(39)36(32(26)38)34(40)42-4/h6-8,10-11,14-16,26-28,30,37,41H,5,9,12-13,17-19H2,1-4H3/b22-16+/t26-,27+,28-,30-/m1/s1. The van der Waals surface area contributed by atoms with Crippen molar-refractivity contribution in [2.45, 2.75) is 65.3 Å². The Bertz CT molecular complexity index is 1460. The number of nitrogens with zero attached hydrogens (tertiary/aromatic N) is 1. The van der Waals surface area contributed by atoms with Crippen molar-refractivity contribution in [1.29, 1.82) is 0 Å². The fourth-order valence-corrected chi connectivity index (χ4v) is 7.07. The lowest BCUT2D eigenvalue weighted by Crippen LogP contribution is -2.46. The third kappa shape index (κ3) is 6.32. The Morgan fingerprint density at radius 3 is 2.45 bits per heavy atom. The summed E-state index contributed by atoms with van der Waals surface area (Å²) in [5.74, 6) is -2.20. The Morgan fingerprint density at radius 1 is 1.09 bits per heavy atom. The molecule has 0 radical (unpaired) electrons. The van der Waals surface area contributed by atoms with Gasteiger partial charge in [-0.25, -0.2) is 4.79 Å². The Morgan fingerprint density at radius 2 is 1.80 bits per heavy atom. The van der Waals surface area contributed by atoms with Crippen LogP contribution in [0.2, 0.25) is 6.32 Å². The van der Waals surface area contributed by atoms with Crippen LogP contribution in [-0.2, 0) is 19.0 Å². The van der Waals surface area contributed by atoms with Gasteiger partial charge in [0.05, 0.1) is 25.0 Å². The van der Waals surface area contributed by atoms with Gasteiger partial charge in [-0.1, -0.05) is 43.2 Å². The summed E-state index contributed by atoms with van der Waals surface area (Å²) < 4.78 is 17.1. The predicted octanol–water partition coefficient (Wildman–Crippen LogP) is 5.62. The first-order chi connectivity index (χ1) is 21.1. The summed E-state index contributed by atoms with van der Waals surface area (Å²) in [7, 11) is 0.0178. The van der Waals surface area contributed by atoms with Crippen molar-refractivity contribution in [3.63, 3.8) is 0 Å². The second kappa shape index (κ2) is 13.4. The highest BCUT2D eigenvalue weighted by molar-refractivity contribution is 6.43. The maximum atomic E-state index is 13.5. The number of imide groups is 3. The predicted molar refractivity (Wildman–Crippen MR) is 166 cm³/mol. The van der Waals surface area contributed by atoms with Gasteiger partial charge in [0.15, 0.2) is 0 Å². The van der Waals surface area contributed by atoms with E-state index in [4.69, 9.17) is 14.1 Å². The first-order valence-corrected chi connectivity index (χ1v) is 15.3. The van der Waals surface area contributed by atoms with Crippen LogP contribution in [0, 0.1) is 31.6 Å². The van der Waals surface area contributed by atoms with Crippen LogP contribution in [0.15, 0.2) is 59.2 Å². The number of benzene rings is 2. The molecule has 3 amide bonds. The largest absolute Gasteiger partial charge is 0.507 e. The lowest BCUT2D eigenvalue weighted by Gasteiger charge is -2.43. The van der Waals surface area contributed by atoms with Crippen LogP contribution in [0.25, 0.3) is 6.08 Å². The van der Waals surface area contributed by atoms with Crippen molar-refractivity contribution < 1.29 is 38.6 Å². The summed E-state index contributed by atoms with van der Waals surface area (Å²) in [5, 5.41) is 21.1. The fraction of sp³-hybridized carbons (Fsp3) is 0.441. The minimum absolute atomic E-state index is 0.138. The molecule has 2 aromatic rings. The summed E-state index contributed by atoms with van der Waals surface area (Å²) in [6, 6.07) is 13.3. The third-order valence-corrected chi connectivity index (χ3v) is 9.00. The molecule has 0 saturated carbocycles. The molecule has 0 spiro atoms. The maximum absolute atomic E-state index is 13.5. The normalized spacial score (nSPS) is 23.5. The van der Waals surface area contributed by atoms with Crippen LogP contribution in [0.4, 0.5) is 4.79 Å². The summed E-state index contributed by atoms with van der Waals surface area (Å²) >= 11 is 0. The monoisotopic (exact) mass is 601 g/mol. The number of aryl methyl sites for hydroxylation is 2. The van der Waals surface area contributed by atoms with E-state index in [-0.39, 0.29) is 19.3 Å². The van der Waals surface area contributed by atoms with Crippen molar-refractivity contribution in [3.05, 3.63) is 75.9 Å². The van der Waals surface area contributed by atoms with E-state index in [1.165, 1.54) is 5.57 Å². The number of aromatic hydroxyl groups is 1.